The Kier molecular flexibility index (Phi) is 2.79. The van der Waals surface area contributed by atoms with Gasteiger partial charge in [0.15, 0.2) is 0 Å². The first-order chi connectivity index (χ1) is 5.94. The third kappa shape index (κ3) is 2.11. The van der Waals surface area contributed by atoms with Gasteiger partial charge in [-0.3, -0.25) is 4.79 Å². The van der Waals surface area contributed by atoms with Crippen LogP contribution in [-0.4, -0.2) is 11.1 Å². The van der Waals surface area contributed by atoms with E-state index in [-0.39, 0.29) is 5.92 Å². The molecule has 1 aliphatic carbocycles. The Bertz CT molecular complexity index is 238. The SMILES string of the molecule is CC1=CC(C(C)(C)C(=O)O)CCC1. The first kappa shape index (κ1) is 10.3. The third-order valence-electron chi connectivity index (χ3n) is 3.05. The second kappa shape index (κ2) is 3.52. The van der Waals surface area contributed by atoms with Crippen LogP contribution >= 0.6 is 0 Å². The van der Waals surface area contributed by atoms with Gasteiger partial charge in [0, 0.05) is 0 Å². The molecule has 1 rings (SSSR count). The van der Waals surface area contributed by atoms with Gasteiger partial charge < -0.3 is 5.11 Å². The van der Waals surface area contributed by atoms with Crippen molar-refractivity contribution in [2.45, 2.75) is 40.0 Å². The summed E-state index contributed by atoms with van der Waals surface area (Å²) in [4.78, 5) is 11.0. The van der Waals surface area contributed by atoms with Crippen molar-refractivity contribution in [3.8, 4) is 0 Å². The molecule has 0 saturated heterocycles. The number of carboxylic acids is 1. The second-order valence-corrected chi connectivity index (χ2v) is 4.54. The van der Waals surface area contributed by atoms with Crippen LogP contribution in [0.5, 0.6) is 0 Å². The number of carboxylic acid groups (broad SMARTS) is 1. The van der Waals surface area contributed by atoms with Gasteiger partial charge in [0.25, 0.3) is 0 Å². The van der Waals surface area contributed by atoms with Crippen LogP contribution in [0, 0.1) is 11.3 Å². The van der Waals surface area contributed by atoms with Crippen LogP contribution in [-0.2, 0) is 4.79 Å². The van der Waals surface area contributed by atoms with Crippen molar-refractivity contribution in [2.75, 3.05) is 0 Å². The number of allylic oxidation sites excluding steroid dienone is 2. The first-order valence-electron chi connectivity index (χ1n) is 4.85. The topological polar surface area (TPSA) is 37.3 Å². The summed E-state index contributed by atoms with van der Waals surface area (Å²) in [6.45, 7) is 5.72. The van der Waals surface area contributed by atoms with Crippen LogP contribution in [0.15, 0.2) is 11.6 Å². The lowest BCUT2D eigenvalue weighted by molar-refractivity contribution is -0.149. The van der Waals surface area contributed by atoms with Gasteiger partial charge in [-0.15, -0.1) is 0 Å². The molecule has 1 unspecified atom stereocenters. The molecule has 13 heavy (non-hydrogen) atoms. The molecule has 74 valence electrons. The Hall–Kier alpha value is -0.790. The average molecular weight is 182 g/mol. The molecule has 0 saturated carbocycles. The highest BCUT2D eigenvalue weighted by Gasteiger charge is 2.36. The summed E-state index contributed by atoms with van der Waals surface area (Å²) in [5.74, 6) is -0.484. The molecule has 0 aromatic rings. The lowest BCUT2D eigenvalue weighted by atomic mass is 9.73. The normalized spacial score (nSPS) is 23.9. The molecule has 0 amide bonds. The van der Waals surface area contributed by atoms with Crippen LogP contribution < -0.4 is 0 Å². The van der Waals surface area contributed by atoms with E-state index < -0.39 is 11.4 Å². The number of carbonyl (C=O) groups is 1. The van der Waals surface area contributed by atoms with Crippen molar-refractivity contribution in [3.63, 3.8) is 0 Å². The molecule has 0 aliphatic heterocycles. The molecule has 1 atom stereocenters. The van der Waals surface area contributed by atoms with Gasteiger partial charge in [0.1, 0.15) is 0 Å². The Morgan fingerprint density at radius 2 is 2.23 bits per heavy atom. The fraction of sp³-hybridized carbons (Fsp3) is 0.727. The zero-order valence-electron chi connectivity index (χ0n) is 8.63. The summed E-state index contributed by atoms with van der Waals surface area (Å²) in [7, 11) is 0. The molecular weight excluding hydrogens is 164 g/mol. The first-order valence-corrected chi connectivity index (χ1v) is 4.85. The molecule has 0 radical (unpaired) electrons. The van der Waals surface area contributed by atoms with Gasteiger partial charge >= 0.3 is 5.97 Å². The molecule has 2 nitrogen and oxygen atoms in total. The standard InChI is InChI=1S/C11H18O2/c1-8-5-4-6-9(7-8)11(2,3)10(12)13/h7,9H,4-6H2,1-3H3,(H,12,13). The van der Waals surface area contributed by atoms with E-state index in [0.29, 0.717) is 0 Å². The summed E-state index contributed by atoms with van der Waals surface area (Å²) in [6, 6.07) is 0. The molecule has 0 bridgehead atoms. The van der Waals surface area contributed by atoms with Gasteiger partial charge in [0.2, 0.25) is 0 Å². The quantitative estimate of drug-likeness (QED) is 0.667. The highest BCUT2D eigenvalue weighted by molar-refractivity contribution is 5.74. The Balaban J connectivity index is 2.82. The molecule has 2 heteroatoms. The molecule has 1 N–H and O–H groups in total. The van der Waals surface area contributed by atoms with Gasteiger partial charge in [-0.1, -0.05) is 11.6 Å². The van der Waals surface area contributed by atoms with Crippen LogP contribution in [0.3, 0.4) is 0 Å². The summed E-state index contributed by atoms with van der Waals surface area (Å²) in [5.41, 5.74) is 0.729. The Labute approximate surface area is 79.6 Å². The Morgan fingerprint density at radius 3 is 2.69 bits per heavy atom. The maximum Gasteiger partial charge on any atom is 0.309 e. The van der Waals surface area contributed by atoms with Gasteiger partial charge in [-0.2, -0.15) is 0 Å². The molecule has 0 heterocycles. The zero-order chi connectivity index (χ0) is 10.1. The van der Waals surface area contributed by atoms with Crippen molar-refractivity contribution in [1.82, 2.24) is 0 Å². The highest BCUT2D eigenvalue weighted by atomic mass is 16.4. The van der Waals surface area contributed by atoms with E-state index in [0.717, 1.165) is 19.3 Å². The minimum atomic E-state index is -0.691. The molecule has 0 spiro atoms. The molecule has 0 aromatic heterocycles. The van der Waals surface area contributed by atoms with Crippen molar-refractivity contribution in [3.05, 3.63) is 11.6 Å². The maximum absolute atomic E-state index is 11.0. The fourth-order valence-corrected chi connectivity index (χ4v) is 1.84. The predicted octanol–water partition coefficient (Wildman–Crippen LogP) is 2.84. The number of hydrogen-bond acceptors (Lipinski definition) is 1. The second-order valence-electron chi connectivity index (χ2n) is 4.54. The monoisotopic (exact) mass is 182 g/mol. The van der Waals surface area contributed by atoms with Crippen LogP contribution in [0.1, 0.15) is 40.0 Å². The van der Waals surface area contributed by atoms with E-state index in [4.69, 9.17) is 5.11 Å². The zero-order valence-corrected chi connectivity index (χ0v) is 8.63. The fourth-order valence-electron chi connectivity index (χ4n) is 1.84. The molecule has 1 aliphatic rings. The van der Waals surface area contributed by atoms with E-state index in [1.165, 1.54) is 5.57 Å². The number of rotatable bonds is 2. The van der Waals surface area contributed by atoms with E-state index in [1.54, 1.807) is 0 Å². The van der Waals surface area contributed by atoms with Crippen LogP contribution in [0.25, 0.3) is 0 Å². The van der Waals surface area contributed by atoms with Crippen LogP contribution in [0.4, 0.5) is 0 Å². The van der Waals surface area contributed by atoms with Gasteiger partial charge in [-0.05, 0) is 46.0 Å². The van der Waals surface area contributed by atoms with Crippen LogP contribution in [0.2, 0.25) is 0 Å². The smallest absolute Gasteiger partial charge is 0.309 e. The highest BCUT2D eigenvalue weighted by Crippen LogP contribution is 2.36. The average Bonchev–Trinajstić information content (AvgIpc) is 2.04. The molecular formula is C11H18O2. The lowest BCUT2D eigenvalue weighted by Gasteiger charge is -2.31. The third-order valence-corrected chi connectivity index (χ3v) is 3.05. The molecule has 0 aromatic carbocycles. The largest absolute Gasteiger partial charge is 0.481 e. The van der Waals surface area contributed by atoms with Crippen molar-refractivity contribution >= 4 is 5.97 Å². The number of aliphatic carboxylic acids is 1. The number of hydrogen-bond donors (Lipinski definition) is 1. The lowest BCUT2D eigenvalue weighted by Crippen LogP contribution is -2.32. The summed E-state index contributed by atoms with van der Waals surface area (Å²) in [5, 5.41) is 9.05. The van der Waals surface area contributed by atoms with E-state index in [1.807, 2.05) is 13.8 Å². The minimum Gasteiger partial charge on any atom is -0.481 e. The van der Waals surface area contributed by atoms with Gasteiger partial charge in [0.05, 0.1) is 5.41 Å². The summed E-state index contributed by atoms with van der Waals surface area (Å²) in [6.07, 6.45) is 5.41. The van der Waals surface area contributed by atoms with Crippen molar-refractivity contribution in [2.24, 2.45) is 11.3 Å². The summed E-state index contributed by atoms with van der Waals surface area (Å²) >= 11 is 0. The van der Waals surface area contributed by atoms with Crippen molar-refractivity contribution in [1.29, 1.82) is 0 Å². The molecule has 0 fully saturated rings. The maximum atomic E-state index is 11.0. The van der Waals surface area contributed by atoms with E-state index in [9.17, 15) is 4.79 Å². The predicted molar refractivity (Wildman–Crippen MR) is 52.5 cm³/mol. The summed E-state index contributed by atoms with van der Waals surface area (Å²) < 4.78 is 0. The van der Waals surface area contributed by atoms with Crippen molar-refractivity contribution < 1.29 is 9.90 Å². The minimum absolute atomic E-state index is 0.207. The Morgan fingerprint density at radius 1 is 1.62 bits per heavy atom. The van der Waals surface area contributed by atoms with Gasteiger partial charge in [-0.25, -0.2) is 0 Å². The van der Waals surface area contributed by atoms with E-state index >= 15 is 0 Å². The van der Waals surface area contributed by atoms with E-state index in [2.05, 4.69) is 13.0 Å².